The molecule has 0 saturated carbocycles. The molecule has 1 N–H and O–H groups in total. The predicted octanol–water partition coefficient (Wildman–Crippen LogP) is 4.40. The van der Waals surface area contributed by atoms with Crippen molar-refractivity contribution in [1.82, 2.24) is 5.43 Å². The van der Waals surface area contributed by atoms with E-state index >= 15 is 0 Å². The third-order valence-corrected chi connectivity index (χ3v) is 5.01. The lowest BCUT2D eigenvalue weighted by Crippen LogP contribution is -2.17. The average Bonchev–Trinajstić information content (AvgIpc) is 3.23. The molecule has 1 aromatic heterocycles. The van der Waals surface area contributed by atoms with E-state index in [0.717, 1.165) is 16.7 Å². The fourth-order valence-corrected chi connectivity index (χ4v) is 3.46. The fourth-order valence-electron chi connectivity index (χ4n) is 2.66. The highest BCUT2D eigenvalue weighted by Crippen LogP contribution is 2.29. The molecule has 0 unspecified atom stereocenters. The number of aryl methyl sites for hydroxylation is 1. The van der Waals surface area contributed by atoms with Crippen LogP contribution in [-0.2, 0) is 0 Å². The highest BCUT2D eigenvalue weighted by atomic mass is 32.1. The summed E-state index contributed by atoms with van der Waals surface area (Å²) in [6, 6.07) is 17.0. The number of benzene rings is 2. The Labute approximate surface area is 173 Å². The van der Waals surface area contributed by atoms with E-state index in [0.29, 0.717) is 16.4 Å². The summed E-state index contributed by atoms with van der Waals surface area (Å²) in [7, 11) is 1.51. The maximum absolute atomic E-state index is 12.6. The quantitative estimate of drug-likeness (QED) is 0.466. The molecule has 146 valence electrons. The molecule has 0 radical (unpaired) electrons. The number of hydrazone groups is 1. The van der Waals surface area contributed by atoms with E-state index in [9.17, 15) is 4.79 Å². The van der Waals surface area contributed by atoms with Gasteiger partial charge in [0, 0.05) is 5.56 Å². The van der Waals surface area contributed by atoms with E-state index in [-0.39, 0.29) is 12.5 Å². The van der Waals surface area contributed by atoms with Crippen LogP contribution in [0.3, 0.4) is 0 Å². The lowest BCUT2D eigenvalue weighted by Gasteiger charge is -2.08. The van der Waals surface area contributed by atoms with Gasteiger partial charge in [0.15, 0.2) is 18.1 Å². The topological polar surface area (TPSA) is 83.7 Å². The van der Waals surface area contributed by atoms with Crippen molar-refractivity contribution in [3.63, 3.8) is 0 Å². The Kier molecular flexibility index (Phi) is 6.61. The molecule has 1 heterocycles. The van der Waals surface area contributed by atoms with Crippen LogP contribution < -0.4 is 14.9 Å². The van der Waals surface area contributed by atoms with E-state index in [4.69, 9.17) is 14.7 Å². The second-order valence-corrected chi connectivity index (χ2v) is 7.00. The lowest BCUT2D eigenvalue weighted by atomic mass is 10.1. The molecule has 3 rings (SSSR count). The first-order valence-corrected chi connectivity index (χ1v) is 9.66. The molecule has 0 aliphatic heterocycles. The molecule has 2 aromatic carbocycles. The molecule has 0 fully saturated rings. The van der Waals surface area contributed by atoms with Crippen molar-refractivity contribution in [3.8, 4) is 28.7 Å². The molecule has 0 spiro atoms. The minimum Gasteiger partial charge on any atom is -0.493 e. The van der Waals surface area contributed by atoms with Crippen molar-refractivity contribution in [3.05, 3.63) is 69.9 Å². The summed E-state index contributed by atoms with van der Waals surface area (Å²) < 4.78 is 10.5. The molecular weight excluding hydrogens is 386 g/mol. The Morgan fingerprint density at radius 2 is 2.00 bits per heavy atom. The van der Waals surface area contributed by atoms with Crippen molar-refractivity contribution >= 4 is 23.5 Å². The van der Waals surface area contributed by atoms with Crippen LogP contribution in [0.1, 0.15) is 20.8 Å². The van der Waals surface area contributed by atoms with Gasteiger partial charge in [-0.2, -0.15) is 10.4 Å². The Balaban J connectivity index is 1.70. The number of nitrogens with zero attached hydrogens (tertiary/aromatic N) is 2. The first kappa shape index (κ1) is 20.1. The van der Waals surface area contributed by atoms with Crippen molar-refractivity contribution in [2.75, 3.05) is 13.7 Å². The van der Waals surface area contributed by atoms with E-state index < -0.39 is 0 Å². The van der Waals surface area contributed by atoms with Crippen LogP contribution in [0.4, 0.5) is 0 Å². The van der Waals surface area contributed by atoms with Gasteiger partial charge in [-0.25, -0.2) is 5.43 Å². The van der Waals surface area contributed by atoms with Crippen LogP contribution in [0.25, 0.3) is 11.1 Å². The number of rotatable bonds is 7. The smallest absolute Gasteiger partial charge is 0.282 e. The van der Waals surface area contributed by atoms with Gasteiger partial charge in [0.05, 0.1) is 13.3 Å². The molecule has 0 aliphatic carbocycles. The van der Waals surface area contributed by atoms with Crippen LogP contribution >= 0.6 is 11.3 Å². The molecule has 1 amide bonds. The first-order chi connectivity index (χ1) is 14.1. The number of carbonyl (C=O) groups excluding carboxylic acids is 1. The van der Waals surface area contributed by atoms with Crippen molar-refractivity contribution < 1.29 is 14.3 Å². The number of methoxy groups -OCH3 is 1. The van der Waals surface area contributed by atoms with E-state index in [1.165, 1.54) is 30.2 Å². The van der Waals surface area contributed by atoms with Gasteiger partial charge in [0.2, 0.25) is 0 Å². The van der Waals surface area contributed by atoms with Gasteiger partial charge in [-0.3, -0.25) is 4.79 Å². The number of hydrogen-bond donors (Lipinski definition) is 1. The third-order valence-electron chi connectivity index (χ3n) is 4.09. The van der Waals surface area contributed by atoms with Crippen LogP contribution in [0.2, 0.25) is 0 Å². The minimum absolute atomic E-state index is 0.0655. The SMILES string of the molecule is COc1cc(/C=N\NC(=O)c2sccc2-c2ccc(C)cc2)ccc1OCC#N. The van der Waals surface area contributed by atoms with Gasteiger partial charge in [0.1, 0.15) is 10.9 Å². The first-order valence-electron chi connectivity index (χ1n) is 8.78. The van der Waals surface area contributed by atoms with E-state index in [2.05, 4.69) is 10.5 Å². The summed E-state index contributed by atoms with van der Waals surface area (Å²) >= 11 is 1.37. The fraction of sp³-hybridized carbons (Fsp3) is 0.136. The largest absolute Gasteiger partial charge is 0.493 e. The van der Waals surface area contributed by atoms with Gasteiger partial charge in [-0.05, 0) is 47.7 Å². The maximum atomic E-state index is 12.6. The maximum Gasteiger partial charge on any atom is 0.282 e. The molecule has 6 nitrogen and oxygen atoms in total. The predicted molar refractivity (Wildman–Crippen MR) is 114 cm³/mol. The molecule has 0 atom stereocenters. The standard InChI is InChI=1S/C22H19N3O3S/c1-15-3-6-17(7-4-15)18-9-12-29-21(18)22(26)25-24-14-16-5-8-19(28-11-10-23)20(13-16)27-2/h3-9,12-14H,11H2,1-2H3,(H,25,26)/b24-14-. The number of thiophene rings is 1. The number of amides is 1. The second kappa shape index (κ2) is 9.53. The zero-order valence-corrected chi connectivity index (χ0v) is 16.8. The highest BCUT2D eigenvalue weighted by molar-refractivity contribution is 7.12. The van der Waals surface area contributed by atoms with Crippen LogP contribution in [0.15, 0.2) is 59.0 Å². The zero-order valence-electron chi connectivity index (χ0n) is 16.0. The van der Waals surface area contributed by atoms with E-state index in [1.807, 2.05) is 48.7 Å². The molecule has 7 heteroatoms. The number of nitriles is 1. The summed E-state index contributed by atoms with van der Waals surface area (Å²) in [4.78, 5) is 13.2. The Morgan fingerprint density at radius 1 is 1.21 bits per heavy atom. The Hall–Kier alpha value is -3.63. The molecular formula is C22H19N3O3S. The summed E-state index contributed by atoms with van der Waals surface area (Å²) in [6.07, 6.45) is 1.52. The zero-order chi connectivity index (χ0) is 20.6. The van der Waals surface area contributed by atoms with Crippen LogP contribution in [0, 0.1) is 18.3 Å². The van der Waals surface area contributed by atoms with Gasteiger partial charge in [-0.1, -0.05) is 29.8 Å². The highest BCUT2D eigenvalue weighted by Gasteiger charge is 2.14. The molecule has 3 aromatic rings. The van der Waals surface area contributed by atoms with Crippen molar-refractivity contribution in [1.29, 1.82) is 5.26 Å². The number of ether oxygens (including phenoxy) is 2. The van der Waals surface area contributed by atoms with Crippen LogP contribution in [-0.4, -0.2) is 25.8 Å². The van der Waals surface area contributed by atoms with Crippen molar-refractivity contribution in [2.24, 2.45) is 5.10 Å². The lowest BCUT2D eigenvalue weighted by molar-refractivity contribution is 0.0960. The number of hydrogen-bond acceptors (Lipinski definition) is 6. The molecule has 0 aliphatic rings. The summed E-state index contributed by atoms with van der Waals surface area (Å²) in [5.41, 5.74) is 6.32. The average molecular weight is 405 g/mol. The summed E-state index contributed by atoms with van der Waals surface area (Å²) in [5, 5.41) is 14.6. The van der Waals surface area contributed by atoms with Gasteiger partial charge in [0.25, 0.3) is 5.91 Å². The Bertz CT molecular complexity index is 1070. The molecule has 29 heavy (non-hydrogen) atoms. The molecule has 0 bridgehead atoms. The van der Waals surface area contributed by atoms with Gasteiger partial charge >= 0.3 is 0 Å². The summed E-state index contributed by atoms with van der Waals surface area (Å²) in [6.45, 7) is 1.96. The number of carbonyl (C=O) groups is 1. The number of nitrogens with one attached hydrogen (secondary N) is 1. The molecule has 0 saturated heterocycles. The second-order valence-electron chi connectivity index (χ2n) is 6.09. The normalized spacial score (nSPS) is 10.5. The third kappa shape index (κ3) is 5.00. The summed E-state index contributed by atoms with van der Waals surface area (Å²) in [5.74, 6) is 0.680. The Morgan fingerprint density at radius 3 is 2.72 bits per heavy atom. The van der Waals surface area contributed by atoms with Crippen molar-refractivity contribution in [2.45, 2.75) is 6.92 Å². The minimum atomic E-state index is -0.271. The van der Waals surface area contributed by atoms with E-state index in [1.54, 1.807) is 18.2 Å². The monoisotopic (exact) mass is 405 g/mol. The van der Waals surface area contributed by atoms with Gasteiger partial charge < -0.3 is 9.47 Å². The van der Waals surface area contributed by atoms with Crippen LogP contribution in [0.5, 0.6) is 11.5 Å². The van der Waals surface area contributed by atoms with Gasteiger partial charge in [-0.15, -0.1) is 11.3 Å².